The monoisotopic (exact) mass is 463 g/mol. The number of hydrogen-bond donors (Lipinski definition) is 0. The van der Waals surface area contributed by atoms with E-state index < -0.39 is 0 Å². The molecule has 1 heterocycles. The van der Waals surface area contributed by atoms with Gasteiger partial charge >= 0.3 is 12.1 Å². The van der Waals surface area contributed by atoms with Gasteiger partial charge in [0.25, 0.3) is 0 Å². The summed E-state index contributed by atoms with van der Waals surface area (Å²) in [5.74, 6) is 0.794. The number of rotatable bonds is 7. The molecule has 2 aromatic carbocycles. The zero-order chi connectivity index (χ0) is 24.7. The maximum absolute atomic E-state index is 12.7. The van der Waals surface area contributed by atoms with Gasteiger partial charge in [0.1, 0.15) is 5.75 Å². The zero-order valence-electron chi connectivity index (χ0n) is 20.4. The number of imide groups is 1. The zero-order valence-corrected chi connectivity index (χ0v) is 20.4. The van der Waals surface area contributed by atoms with Crippen LogP contribution < -0.4 is 4.74 Å². The molecule has 34 heavy (non-hydrogen) atoms. The highest BCUT2D eigenvalue weighted by atomic mass is 16.5. The first-order chi connectivity index (χ1) is 16.3. The summed E-state index contributed by atoms with van der Waals surface area (Å²) in [4.78, 5) is 31.9. The average Bonchev–Trinajstić information content (AvgIpc) is 3.30. The molecule has 2 aromatic rings. The third kappa shape index (κ3) is 6.06. The van der Waals surface area contributed by atoms with E-state index in [1.54, 1.807) is 28.2 Å². The van der Waals surface area contributed by atoms with E-state index in [-0.39, 0.29) is 18.2 Å². The molecule has 0 aromatic heterocycles. The van der Waals surface area contributed by atoms with Crippen molar-refractivity contribution in [3.05, 3.63) is 54.1 Å². The second-order valence-electron chi connectivity index (χ2n) is 8.80. The Hall–Kier alpha value is -3.57. The first-order valence-electron chi connectivity index (χ1n) is 11.5. The predicted octanol–water partition coefficient (Wildman–Crippen LogP) is 4.08. The molecule has 1 unspecified atom stereocenters. The van der Waals surface area contributed by atoms with Crippen molar-refractivity contribution in [1.29, 1.82) is 5.26 Å². The highest BCUT2D eigenvalue weighted by molar-refractivity contribution is 5.93. The number of carbonyl (C=O) groups is 2. The predicted molar refractivity (Wildman–Crippen MR) is 131 cm³/mol. The van der Waals surface area contributed by atoms with Gasteiger partial charge in [-0.1, -0.05) is 24.3 Å². The Balaban J connectivity index is 1.53. The van der Waals surface area contributed by atoms with Gasteiger partial charge < -0.3 is 14.5 Å². The fourth-order valence-corrected chi connectivity index (χ4v) is 4.07. The van der Waals surface area contributed by atoms with Crippen molar-refractivity contribution in [1.82, 2.24) is 19.6 Å². The number of hydrogen-bond acceptors (Lipinski definition) is 5. The van der Waals surface area contributed by atoms with Crippen molar-refractivity contribution in [2.45, 2.75) is 25.4 Å². The number of nitriles is 1. The second-order valence-corrected chi connectivity index (χ2v) is 8.80. The van der Waals surface area contributed by atoms with Crippen LogP contribution >= 0.6 is 0 Å². The molecule has 4 amide bonds. The van der Waals surface area contributed by atoms with Crippen molar-refractivity contribution in [2.24, 2.45) is 0 Å². The van der Waals surface area contributed by atoms with Crippen LogP contribution in [0.5, 0.6) is 5.75 Å². The van der Waals surface area contributed by atoms with Gasteiger partial charge in [-0.3, -0.25) is 4.90 Å². The number of nitrogens with zero attached hydrogens (tertiary/aromatic N) is 5. The Bertz CT molecular complexity index is 992. The average molecular weight is 464 g/mol. The van der Waals surface area contributed by atoms with Crippen LogP contribution in [0.4, 0.5) is 9.59 Å². The van der Waals surface area contributed by atoms with Gasteiger partial charge in [0.15, 0.2) is 0 Å². The van der Waals surface area contributed by atoms with Crippen LogP contribution in [-0.2, 0) is 0 Å². The summed E-state index contributed by atoms with van der Waals surface area (Å²) in [6.07, 6.45) is 2.27. The standard InChI is InChI=1S/C26H33N5O3/c1-28(2)25(32)31(26(33)29(3)4)24-7-5-16-30(24)17-6-18-34-23-14-12-22(13-15-23)21-10-8-20(19-27)9-11-21/h8-15,24H,5-7,16-18H2,1-4H3. The number of amides is 4. The third-order valence-corrected chi connectivity index (χ3v) is 5.86. The van der Waals surface area contributed by atoms with E-state index in [0.29, 0.717) is 12.2 Å². The van der Waals surface area contributed by atoms with Gasteiger partial charge in [0.05, 0.1) is 24.4 Å². The Kier molecular flexibility index (Phi) is 8.50. The quantitative estimate of drug-likeness (QED) is 0.578. The van der Waals surface area contributed by atoms with E-state index in [1.165, 1.54) is 14.7 Å². The number of urea groups is 2. The van der Waals surface area contributed by atoms with Gasteiger partial charge in [-0.05, 0) is 54.7 Å². The molecule has 3 rings (SSSR count). The Morgan fingerprint density at radius 2 is 1.53 bits per heavy atom. The van der Waals surface area contributed by atoms with Crippen molar-refractivity contribution in [3.8, 4) is 22.9 Å². The lowest BCUT2D eigenvalue weighted by Crippen LogP contribution is -2.56. The molecule has 8 nitrogen and oxygen atoms in total. The Labute approximate surface area is 201 Å². The largest absolute Gasteiger partial charge is 0.494 e. The highest BCUT2D eigenvalue weighted by Gasteiger charge is 2.38. The summed E-state index contributed by atoms with van der Waals surface area (Å²) < 4.78 is 5.93. The number of carbonyl (C=O) groups excluding carboxylic acids is 2. The van der Waals surface area contributed by atoms with E-state index in [4.69, 9.17) is 10.00 Å². The van der Waals surface area contributed by atoms with Crippen LogP contribution in [0.3, 0.4) is 0 Å². The lowest BCUT2D eigenvalue weighted by atomic mass is 10.0. The summed E-state index contributed by atoms with van der Waals surface area (Å²) in [6.45, 7) is 2.14. The van der Waals surface area contributed by atoms with Crippen LogP contribution in [0.25, 0.3) is 11.1 Å². The van der Waals surface area contributed by atoms with E-state index in [9.17, 15) is 9.59 Å². The molecule has 0 bridgehead atoms. The normalized spacial score (nSPS) is 15.4. The molecule has 1 fully saturated rings. The van der Waals surface area contributed by atoms with Gasteiger partial charge in [0, 0.05) is 41.3 Å². The maximum atomic E-state index is 12.7. The summed E-state index contributed by atoms with van der Waals surface area (Å²) in [6, 6.07) is 16.9. The minimum atomic E-state index is -0.297. The molecule has 0 spiro atoms. The van der Waals surface area contributed by atoms with Crippen molar-refractivity contribution in [3.63, 3.8) is 0 Å². The molecule has 1 aliphatic rings. The second kappa shape index (κ2) is 11.5. The number of ether oxygens (including phenoxy) is 1. The minimum Gasteiger partial charge on any atom is -0.494 e. The Morgan fingerprint density at radius 3 is 2.06 bits per heavy atom. The molecule has 8 heteroatoms. The maximum Gasteiger partial charge on any atom is 0.328 e. The summed E-state index contributed by atoms with van der Waals surface area (Å²) in [5, 5.41) is 8.94. The molecule has 180 valence electrons. The summed E-state index contributed by atoms with van der Waals surface area (Å²) in [7, 11) is 6.66. The molecule has 1 saturated heterocycles. The van der Waals surface area contributed by atoms with Gasteiger partial charge in [-0.25, -0.2) is 14.5 Å². The van der Waals surface area contributed by atoms with Crippen molar-refractivity contribution < 1.29 is 14.3 Å². The highest BCUT2D eigenvalue weighted by Crippen LogP contribution is 2.25. The van der Waals surface area contributed by atoms with Crippen molar-refractivity contribution in [2.75, 3.05) is 47.9 Å². The van der Waals surface area contributed by atoms with Crippen LogP contribution in [-0.4, -0.2) is 85.7 Å². The summed E-state index contributed by atoms with van der Waals surface area (Å²) >= 11 is 0. The smallest absolute Gasteiger partial charge is 0.328 e. The number of likely N-dealkylation sites (tertiary alicyclic amines) is 1. The third-order valence-electron chi connectivity index (χ3n) is 5.86. The summed E-state index contributed by atoms with van der Waals surface area (Å²) in [5.41, 5.74) is 2.76. The molecule has 1 aliphatic heterocycles. The molecular formula is C26H33N5O3. The van der Waals surface area contributed by atoms with Crippen LogP contribution in [0.2, 0.25) is 0 Å². The van der Waals surface area contributed by atoms with Crippen molar-refractivity contribution >= 4 is 12.1 Å². The van der Waals surface area contributed by atoms with Gasteiger partial charge in [0.2, 0.25) is 0 Å². The fraction of sp³-hybridized carbons (Fsp3) is 0.423. The van der Waals surface area contributed by atoms with E-state index in [1.807, 2.05) is 48.5 Å². The van der Waals surface area contributed by atoms with Crippen LogP contribution in [0.1, 0.15) is 24.8 Å². The SMILES string of the molecule is CN(C)C(=O)N(C(=O)N(C)C)C1CCCN1CCCOc1ccc(-c2ccc(C#N)cc2)cc1. The molecule has 0 aliphatic carbocycles. The molecule has 0 saturated carbocycles. The first kappa shape index (κ1) is 25.1. The molecule has 1 atom stereocenters. The Morgan fingerprint density at radius 1 is 0.971 bits per heavy atom. The fourth-order valence-electron chi connectivity index (χ4n) is 4.07. The molecular weight excluding hydrogens is 430 g/mol. The molecule has 0 N–H and O–H groups in total. The molecule has 0 radical (unpaired) electrons. The lowest BCUT2D eigenvalue weighted by molar-refractivity contribution is 0.0842. The topological polar surface area (TPSA) is 80.1 Å². The van der Waals surface area contributed by atoms with Crippen LogP contribution in [0, 0.1) is 11.3 Å². The van der Waals surface area contributed by atoms with E-state index in [0.717, 1.165) is 49.2 Å². The minimum absolute atomic E-state index is 0.239. The van der Waals surface area contributed by atoms with Gasteiger partial charge in [-0.2, -0.15) is 5.26 Å². The number of benzene rings is 2. The van der Waals surface area contributed by atoms with Crippen LogP contribution in [0.15, 0.2) is 48.5 Å². The van der Waals surface area contributed by atoms with E-state index >= 15 is 0 Å². The van der Waals surface area contributed by atoms with E-state index in [2.05, 4.69) is 11.0 Å². The lowest BCUT2D eigenvalue weighted by Gasteiger charge is -2.36. The first-order valence-corrected chi connectivity index (χ1v) is 11.5. The van der Waals surface area contributed by atoms with Gasteiger partial charge in [-0.15, -0.1) is 0 Å².